The summed E-state index contributed by atoms with van der Waals surface area (Å²) in [5.41, 5.74) is 0. The van der Waals surface area contributed by atoms with E-state index in [4.69, 9.17) is 0 Å². The molecule has 0 radical (unpaired) electrons. The van der Waals surface area contributed by atoms with Crippen molar-refractivity contribution in [3.05, 3.63) is 72.8 Å². The molecule has 0 N–H and O–H groups in total. The lowest BCUT2D eigenvalue weighted by Gasteiger charge is -2.43. The van der Waals surface area contributed by atoms with Gasteiger partial charge in [0.15, 0.2) is 0 Å². The summed E-state index contributed by atoms with van der Waals surface area (Å²) in [6.07, 6.45) is 4.55. The summed E-state index contributed by atoms with van der Waals surface area (Å²) in [5, 5.41) is 3.32. The van der Waals surface area contributed by atoms with Crippen LogP contribution < -0.4 is 10.4 Å². The Bertz CT molecular complexity index is 537. The van der Waals surface area contributed by atoms with Gasteiger partial charge in [-0.15, -0.1) is 0 Å². The molecule has 0 atom stereocenters. The number of hydrogen-bond donors (Lipinski definition) is 0. The molecule has 2 rings (SSSR count). The van der Waals surface area contributed by atoms with E-state index in [0.717, 1.165) is 6.04 Å². The molecule has 21 heavy (non-hydrogen) atoms. The molecule has 0 aliphatic carbocycles. The van der Waals surface area contributed by atoms with Gasteiger partial charge in [-0.05, 0) is 18.0 Å². The Morgan fingerprint density at radius 2 is 1.24 bits per heavy atom. The molecule has 0 unspecified atom stereocenters. The molecule has 1 heteroatoms. The maximum atomic E-state index is 2.41. The Kier molecular flexibility index (Phi) is 4.84. The molecule has 0 aliphatic heterocycles. The van der Waals surface area contributed by atoms with Gasteiger partial charge < -0.3 is 0 Å². The van der Waals surface area contributed by atoms with E-state index < -0.39 is 8.07 Å². The van der Waals surface area contributed by atoms with Crippen molar-refractivity contribution in [1.29, 1.82) is 0 Å². The van der Waals surface area contributed by atoms with Crippen molar-refractivity contribution in [2.45, 2.75) is 38.8 Å². The molecule has 0 amide bonds. The molecule has 110 valence electrons. The summed E-state index contributed by atoms with van der Waals surface area (Å²) < 4.78 is 0. The third kappa shape index (κ3) is 3.03. The predicted molar refractivity (Wildman–Crippen MR) is 97.2 cm³/mol. The second-order valence-electron chi connectivity index (χ2n) is 6.66. The van der Waals surface area contributed by atoms with E-state index in [1.807, 2.05) is 0 Å². The smallest absolute Gasteiger partial charge is 0.0919 e. The SMILES string of the molecule is C/C=C/C[Si](c1ccccc1)(c1ccccc1)C(C)(C)C. The first-order chi connectivity index (χ1) is 10.0. The topological polar surface area (TPSA) is 0 Å². The maximum absolute atomic E-state index is 2.41. The van der Waals surface area contributed by atoms with E-state index in [0.29, 0.717) is 0 Å². The molecule has 0 saturated heterocycles. The van der Waals surface area contributed by atoms with Crippen LogP contribution in [0.2, 0.25) is 11.1 Å². The molecule has 0 aromatic heterocycles. The molecule has 0 heterocycles. The summed E-state index contributed by atoms with van der Waals surface area (Å²) in [4.78, 5) is 0. The molecule has 2 aromatic carbocycles. The molecular formula is C20H26Si. The lowest BCUT2D eigenvalue weighted by molar-refractivity contribution is 0.730. The molecule has 0 aliphatic rings. The van der Waals surface area contributed by atoms with Crippen molar-refractivity contribution in [1.82, 2.24) is 0 Å². The summed E-state index contributed by atoms with van der Waals surface area (Å²) >= 11 is 0. The average Bonchev–Trinajstić information content (AvgIpc) is 2.49. The zero-order chi connectivity index (χ0) is 15.3. The Morgan fingerprint density at radius 1 is 0.810 bits per heavy atom. The summed E-state index contributed by atoms with van der Waals surface area (Å²) in [6, 6.07) is 23.4. The van der Waals surface area contributed by atoms with Gasteiger partial charge in [-0.2, -0.15) is 0 Å². The molecule has 0 bridgehead atoms. The van der Waals surface area contributed by atoms with Crippen molar-refractivity contribution in [3.63, 3.8) is 0 Å². The maximum Gasteiger partial charge on any atom is 0.126 e. The van der Waals surface area contributed by atoms with Crippen molar-refractivity contribution in [2.75, 3.05) is 0 Å². The van der Waals surface area contributed by atoms with Crippen LogP contribution in [0.25, 0.3) is 0 Å². The van der Waals surface area contributed by atoms with Gasteiger partial charge in [-0.1, -0.05) is 104 Å². The lowest BCUT2D eigenvalue weighted by atomic mass is 10.2. The van der Waals surface area contributed by atoms with Crippen LogP contribution in [0, 0.1) is 0 Å². The van der Waals surface area contributed by atoms with Crippen LogP contribution in [0.1, 0.15) is 27.7 Å². The van der Waals surface area contributed by atoms with Crippen LogP contribution in [0.15, 0.2) is 72.8 Å². The van der Waals surface area contributed by atoms with Gasteiger partial charge in [0.2, 0.25) is 0 Å². The van der Waals surface area contributed by atoms with Gasteiger partial charge in [0, 0.05) is 0 Å². The summed E-state index contributed by atoms with van der Waals surface area (Å²) in [5.74, 6) is 0. The highest BCUT2D eigenvalue weighted by Crippen LogP contribution is 2.38. The van der Waals surface area contributed by atoms with Crippen LogP contribution in [0.5, 0.6) is 0 Å². The van der Waals surface area contributed by atoms with Crippen molar-refractivity contribution < 1.29 is 0 Å². The minimum Gasteiger partial charge on any atom is -0.0919 e. The van der Waals surface area contributed by atoms with Crippen LogP contribution in [0.3, 0.4) is 0 Å². The first-order valence-corrected chi connectivity index (χ1v) is 9.95. The first-order valence-electron chi connectivity index (χ1n) is 7.74. The Hall–Kier alpha value is -1.60. The van der Waals surface area contributed by atoms with Gasteiger partial charge in [0.05, 0.1) is 0 Å². The first kappa shape index (κ1) is 15.8. The Balaban J connectivity index is 2.72. The van der Waals surface area contributed by atoms with Crippen LogP contribution in [-0.4, -0.2) is 8.07 Å². The molecule has 0 nitrogen and oxygen atoms in total. The Labute approximate surface area is 130 Å². The fraction of sp³-hybridized carbons (Fsp3) is 0.300. The van der Waals surface area contributed by atoms with Crippen molar-refractivity contribution in [3.8, 4) is 0 Å². The Morgan fingerprint density at radius 3 is 1.57 bits per heavy atom. The van der Waals surface area contributed by atoms with Gasteiger partial charge >= 0.3 is 0 Å². The fourth-order valence-corrected chi connectivity index (χ4v) is 8.58. The standard InChI is InChI=1S/C20H26Si/c1-5-6-17-21(20(2,3)4,18-13-9-7-10-14-18)19-15-11-8-12-16-19/h5-16H,17H2,1-4H3/b6-5+. The number of rotatable bonds is 4. The monoisotopic (exact) mass is 294 g/mol. The largest absolute Gasteiger partial charge is 0.126 e. The molecule has 0 spiro atoms. The fourth-order valence-electron chi connectivity index (χ4n) is 3.31. The molecular weight excluding hydrogens is 268 g/mol. The molecule has 2 aromatic rings. The third-order valence-corrected chi connectivity index (χ3v) is 10.5. The quantitative estimate of drug-likeness (QED) is 0.570. The summed E-state index contributed by atoms with van der Waals surface area (Å²) in [6.45, 7) is 9.34. The van der Waals surface area contributed by atoms with Gasteiger partial charge in [-0.3, -0.25) is 0 Å². The van der Waals surface area contributed by atoms with Crippen LogP contribution >= 0.6 is 0 Å². The van der Waals surface area contributed by atoms with E-state index in [-0.39, 0.29) is 5.04 Å². The number of allylic oxidation sites excluding steroid dienone is 2. The van der Waals surface area contributed by atoms with Gasteiger partial charge in [0.25, 0.3) is 0 Å². The minimum absolute atomic E-state index is 0.259. The van der Waals surface area contributed by atoms with E-state index in [9.17, 15) is 0 Å². The highest BCUT2D eigenvalue weighted by molar-refractivity contribution is 7.04. The minimum atomic E-state index is -1.86. The highest BCUT2D eigenvalue weighted by atomic mass is 28.3. The van der Waals surface area contributed by atoms with E-state index in [2.05, 4.69) is 101 Å². The van der Waals surface area contributed by atoms with Gasteiger partial charge in [0.1, 0.15) is 8.07 Å². The number of benzene rings is 2. The lowest BCUT2D eigenvalue weighted by Crippen LogP contribution is -2.63. The third-order valence-electron chi connectivity index (χ3n) is 4.47. The van der Waals surface area contributed by atoms with Crippen LogP contribution in [-0.2, 0) is 0 Å². The number of hydrogen-bond acceptors (Lipinski definition) is 0. The zero-order valence-electron chi connectivity index (χ0n) is 13.6. The average molecular weight is 295 g/mol. The zero-order valence-corrected chi connectivity index (χ0v) is 14.6. The normalized spacial score (nSPS) is 12.8. The highest BCUT2D eigenvalue weighted by Gasteiger charge is 2.46. The van der Waals surface area contributed by atoms with E-state index in [1.165, 1.54) is 10.4 Å². The van der Waals surface area contributed by atoms with Crippen LogP contribution in [0.4, 0.5) is 0 Å². The molecule has 0 fully saturated rings. The second kappa shape index (κ2) is 6.44. The van der Waals surface area contributed by atoms with E-state index in [1.54, 1.807) is 0 Å². The van der Waals surface area contributed by atoms with Crippen molar-refractivity contribution >= 4 is 18.4 Å². The molecule has 0 saturated carbocycles. The summed E-state index contributed by atoms with van der Waals surface area (Å²) in [7, 11) is -1.86. The van der Waals surface area contributed by atoms with Gasteiger partial charge in [-0.25, -0.2) is 0 Å². The second-order valence-corrected chi connectivity index (χ2v) is 11.5. The van der Waals surface area contributed by atoms with E-state index >= 15 is 0 Å². The van der Waals surface area contributed by atoms with Crippen molar-refractivity contribution in [2.24, 2.45) is 0 Å². The predicted octanol–water partition coefficient (Wildman–Crippen LogP) is 4.63.